The molecule has 2 heterocycles. The molecule has 4 rings (SSSR count). The molecular formula is C25H27N3O6. The molecule has 0 saturated carbocycles. The quantitative estimate of drug-likeness (QED) is 0.208. The molecule has 1 unspecified atom stereocenters. The summed E-state index contributed by atoms with van der Waals surface area (Å²) in [6.07, 6.45) is 0.657. The Bertz CT molecular complexity index is 1100. The van der Waals surface area contributed by atoms with Gasteiger partial charge in [-0.2, -0.15) is 0 Å². The van der Waals surface area contributed by atoms with Crippen molar-refractivity contribution in [3.63, 3.8) is 0 Å². The summed E-state index contributed by atoms with van der Waals surface area (Å²) in [4.78, 5) is 39.4. The standard InChI is InChI=1S/C25H27N3O6/c1-17-3-5-19(6-4-17)23(29)21-22(18-7-9-20(10-8-18)28(32)33)27(25(31)24(21)30)12-2-11-26-13-15-34-16-14-26/h3-10,22,29H,2,11-16H2,1H3. The average Bonchev–Trinajstić information content (AvgIpc) is 3.10. The molecule has 0 radical (unpaired) electrons. The number of amides is 1. The first-order valence-electron chi connectivity index (χ1n) is 11.4. The van der Waals surface area contributed by atoms with Crippen LogP contribution in [0.1, 0.15) is 29.2 Å². The van der Waals surface area contributed by atoms with Gasteiger partial charge in [0, 0.05) is 30.7 Å². The van der Waals surface area contributed by atoms with Crippen LogP contribution < -0.4 is 10.0 Å². The molecule has 1 N–H and O–H groups in total. The van der Waals surface area contributed by atoms with Crippen molar-refractivity contribution in [3.8, 4) is 0 Å². The number of rotatable bonds is 7. The van der Waals surface area contributed by atoms with Crippen molar-refractivity contribution in [1.29, 1.82) is 0 Å². The number of aryl methyl sites for hydroxylation is 1. The molecule has 2 fully saturated rings. The molecule has 178 valence electrons. The van der Waals surface area contributed by atoms with Gasteiger partial charge in [-0.15, -0.1) is 0 Å². The minimum Gasteiger partial charge on any atom is -0.872 e. The molecule has 9 nitrogen and oxygen atoms in total. The molecule has 2 aromatic carbocycles. The number of Topliss-reactive ketones (excluding diaryl/α,β-unsaturated/α-hetero) is 1. The highest BCUT2D eigenvalue weighted by Gasteiger charge is 2.44. The molecule has 1 amide bonds. The molecule has 2 saturated heterocycles. The van der Waals surface area contributed by atoms with Gasteiger partial charge in [-0.3, -0.25) is 19.7 Å². The zero-order chi connectivity index (χ0) is 24.2. The largest absolute Gasteiger partial charge is 0.872 e. The molecule has 0 aromatic heterocycles. The van der Waals surface area contributed by atoms with Crippen LogP contribution in [0, 0.1) is 17.0 Å². The minimum absolute atomic E-state index is 0.103. The molecule has 2 aromatic rings. The first-order chi connectivity index (χ1) is 16.4. The van der Waals surface area contributed by atoms with Crippen molar-refractivity contribution in [2.24, 2.45) is 0 Å². The SMILES string of the molecule is Cc1ccc(C([O-])=C2C(=O)C(=O)N(CCC[NH+]3CCOCC3)C2c2ccc([N+](=O)[O-])cc2)cc1. The number of benzene rings is 2. The summed E-state index contributed by atoms with van der Waals surface area (Å²) in [7, 11) is 0. The van der Waals surface area contributed by atoms with Crippen molar-refractivity contribution in [3.05, 3.63) is 80.9 Å². The molecule has 1 atom stereocenters. The number of hydrogen-bond acceptors (Lipinski definition) is 6. The van der Waals surface area contributed by atoms with Crippen LogP contribution in [0.25, 0.3) is 5.76 Å². The fraction of sp³-hybridized carbons (Fsp3) is 0.360. The highest BCUT2D eigenvalue weighted by molar-refractivity contribution is 6.46. The Kier molecular flexibility index (Phi) is 7.04. The summed E-state index contributed by atoms with van der Waals surface area (Å²) in [5.74, 6) is -2.02. The van der Waals surface area contributed by atoms with Crippen molar-refractivity contribution in [1.82, 2.24) is 4.90 Å². The molecule has 0 bridgehead atoms. The number of carbonyl (C=O) groups is 2. The molecule has 2 aliphatic heterocycles. The van der Waals surface area contributed by atoms with E-state index in [9.17, 15) is 24.8 Å². The number of nitro groups is 1. The lowest BCUT2D eigenvalue weighted by atomic mass is 9.95. The van der Waals surface area contributed by atoms with E-state index in [4.69, 9.17) is 4.74 Å². The summed E-state index contributed by atoms with van der Waals surface area (Å²) >= 11 is 0. The Morgan fingerprint density at radius 2 is 1.74 bits per heavy atom. The van der Waals surface area contributed by atoms with Gasteiger partial charge in [-0.1, -0.05) is 35.6 Å². The van der Waals surface area contributed by atoms with Gasteiger partial charge in [0.1, 0.15) is 13.1 Å². The summed E-state index contributed by atoms with van der Waals surface area (Å²) in [5, 5.41) is 24.5. The Morgan fingerprint density at radius 1 is 1.09 bits per heavy atom. The lowest BCUT2D eigenvalue weighted by Gasteiger charge is -2.29. The smallest absolute Gasteiger partial charge is 0.295 e. The summed E-state index contributed by atoms with van der Waals surface area (Å²) in [5.41, 5.74) is 1.58. The van der Waals surface area contributed by atoms with Crippen LogP contribution in [0.3, 0.4) is 0 Å². The average molecular weight is 466 g/mol. The van der Waals surface area contributed by atoms with Crippen LogP contribution >= 0.6 is 0 Å². The fourth-order valence-corrected chi connectivity index (χ4v) is 4.50. The minimum atomic E-state index is -0.880. The van der Waals surface area contributed by atoms with Crippen molar-refractivity contribution in [2.45, 2.75) is 19.4 Å². The predicted octanol–water partition coefficient (Wildman–Crippen LogP) is 0.432. The lowest BCUT2D eigenvalue weighted by molar-refractivity contribution is -0.908. The number of nitrogens with one attached hydrogen (secondary N) is 1. The maximum absolute atomic E-state index is 13.4. The first-order valence-corrected chi connectivity index (χ1v) is 11.4. The zero-order valence-electron chi connectivity index (χ0n) is 19.0. The highest BCUT2D eigenvalue weighted by Crippen LogP contribution is 2.39. The summed E-state index contributed by atoms with van der Waals surface area (Å²) in [6.45, 7) is 6.19. The van der Waals surface area contributed by atoms with E-state index in [0.717, 1.165) is 25.2 Å². The van der Waals surface area contributed by atoms with E-state index in [2.05, 4.69) is 0 Å². The van der Waals surface area contributed by atoms with Crippen molar-refractivity contribution < 1.29 is 29.3 Å². The zero-order valence-corrected chi connectivity index (χ0v) is 19.0. The van der Waals surface area contributed by atoms with Crippen LogP contribution in [0.2, 0.25) is 0 Å². The number of hydrogen-bond donors (Lipinski definition) is 1. The third-order valence-electron chi connectivity index (χ3n) is 6.39. The Hall–Kier alpha value is -3.56. The fourth-order valence-electron chi connectivity index (χ4n) is 4.50. The second-order valence-electron chi connectivity index (χ2n) is 8.65. The number of likely N-dealkylation sites (tertiary alicyclic amines) is 1. The van der Waals surface area contributed by atoms with E-state index in [1.165, 1.54) is 34.1 Å². The number of morpholine rings is 1. The van der Waals surface area contributed by atoms with Gasteiger partial charge in [0.2, 0.25) is 5.78 Å². The molecule has 34 heavy (non-hydrogen) atoms. The van der Waals surface area contributed by atoms with Gasteiger partial charge in [0.15, 0.2) is 0 Å². The maximum Gasteiger partial charge on any atom is 0.295 e. The van der Waals surface area contributed by atoms with Crippen LogP contribution in [0.15, 0.2) is 54.1 Å². The topological polar surface area (TPSA) is 117 Å². The van der Waals surface area contributed by atoms with E-state index in [1.54, 1.807) is 24.3 Å². The van der Waals surface area contributed by atoms with Gasteiger partial charge in [-0.25, -0.2) is 0 Å². The molecule has 2 aliphatic rings. The van der Waals surface area contributed by atoms with Crippen LogP contribution in [-0.2, 0) is 14.3 Å². The first kappa shape index (κ1) is 23.6. The van der Waals surface area contributed by atoms with Crippen LogP contribution in [-0.4, -0.2) is 60.9 Å². The van der Waals surface area contributed by atoms with Crippen molar-refractivity contribution in [2.75, 3.05) is 39.4 Å². The molecular weight excluding hydrogens is 438 g/mol. The number of non-ortho nitro benzene ring substituents is 1. The third-order valence-corrected chi connectivity index (χ3v) is 6.39. The normalized spacial score (nSPS) is 20.6. The number of ketones is 1. The third kappa shape index (κ3) is 4.85. The maximum atomic E-state index is 13.4. The van der Waals surface area contributed by atoms with E-state index >= 15 is 0 Å². The number of ether oxygens (including phenoxy) is 1. The van der Waals surface area contributed by atoms with Crippen LogP contribution in [0.5, 0.6) is 0 Å². The van der Waals surface area contributed by atoms with Gasteiger partial charge in [-0.05, 0) is 30.2 Å². The van der Waals surface area contributed by atoms with E-state index in [1.807, 2.05) is 6.92 Å². The number of quaternary nitrogens is 1. The number of nitro benzene ring substituents is 1. The Balaban J connectivity index is 1.68. The Morgan fingerprint density at radius 3 is 2.35 bits per heavy atom. The van der Waals surface area contributed by atoms with Crippen molar-refractivity contribution >= 4 is 23.1 Å². The van der Waals surface area contributed by atoms with Gasteiger partial charge in [0.25, 0.3) is 11.6 Å². The Labute approximate surface area is 197 Å². The number of nitrogens with zero attached hydrogens (tertiary/aromatic N) is 2. The predicted molar refractivity (Wildman–Crippen MR) is 122 cm³/mol. The van der Waals surface area contributed by atoms with E-state index in [-0.39, 0.29) is 11.3 Å². The second-order valence-corrected chi connectivity index (χ2v) is 8.65. The molecule has 9 heteroatoms. The highest BCUT2D eigenvalue weighted by atomic mass is 16.6. The van der Waals surface area contributed by atoms with E-state index < -0.39 is 28.4 Å². The summed E-state index contributed by atoms with van der Waals surface area (Å²) in [6, 6.07) is 11.6. The second kappa shape index (κ2) is 10.1. The summed E-state index contributed by atoms with van der Waals surface area (Å²) < 4.78 is 5.38. The molecule has 0 aliphatic carbocycles. The van der Waals surface area contributed by atoms with Crippen LogP contribution in [0.4, 0.5) is 5.69 Å². The lowest BCUT2D eigenvalue weighted by Crippen LogP contribution is -3.14. The van der Waals surface area contributed by atoms with Gasteiger partial charge >= 0.3 is 0 Å². The van der Waals surface area contributed by atoms with Gasteiger partial charge < -0.3 is 19.6 Å². The van der Waals surface area contributed by atoms with E-state index in [0.29, 0.717) is 37.3 Å². The molecule has 0 spiro atoms. The monoisotopic (exact) mass is 465 g/mol. The van der Waals surface area contributed by atoms with Gasteiger partial charge in [0.05, 0.1) is 30.7 Å². The number of carbonyl (C=O) groups excluding carboxylic acids is 2.